The van der Waals surface area contributed by atoms with Crippen molar-refractivity contribution in [3.05, 3.63) is 52.9 Å². The maximum atomic E-state index is 11.4. The molecule has 2 aromatic rings. The van der Waals surface area contributed by atoms with Crippen LogP contribution < -0.4 is 5.32 Å². The minimum atomic E-state index is -0.460. The van der Waals surface area contributed by atoms with Crippen LogP contribution in [-0.2, 0) is 11.2 Å². The second-order valence-electron chi connectivity index (χ2n) is 4.31. The van der Waals surface area contributed by atoms with Crippen molar-refractivity contribution in [3.8, 4) is 0 Å². The molecule has 21 heavy (non-hydrogen) atoms. The number of esters is 1. The molecule has 0 bridgehead atoms. The molecule has 1 N–H and O–H groups in total. The van der Waals surface area contributed by atoms with Crippen molar-refractivity contribution in [2.45, 2.75) is 13.3 Å². The van der Waals surface area contributed by atoms with Crippen LogP contribution >= 0.6 is 11.6 Å². The maximum absolute atomic E-state index is 11.4. The van der Waals surface area contributed by atoms with Gasteiger partial charge in [-0.15, -0.1) is 0 Å². The fourth-order valence-corrected chi connectivity index (χ4v) is 1.84. The first-order valence-corrected chi connectivity index (χ1v) is 7.04. The Morgan fingerprint density at radius 1 is 1.24 bits per heavy atom. The quantitative estimate of drug-likeness (QED) is 0.831. The Hall–Kier alpha value is -2.14. The average molecular weight is 306 g/mol. The summed E-state index contributed by atoms with van der Waals surface area (Å²) in [5.41, 5.74) is 1.39. The van der Waals surface area contributed by atoms with Crippen molar-refractivity contribution in [1.82, 2.24) is 9.97 Å². The van der Waals surface area contributed by atoms with Crippen LogP contribution in [0.2, 0.25) is 5.02 Å². The number of carbonyl (C=O) groups is 1. The van der Waals surface area contributed by atoms with Crippen LogP contribution in [0.15, 0.2) is 36.7 Å². The highest BCUT2D eigenvalue weighted by molar-refractivity contribution is 6.30. The lowest BCUT2D eigenvalue weighted by atomic mass is 10.1. The zero-order chi connectivity index (χ0) is 15.1. The molecule has 0 aliphatic heterocycles. The van der Waals surface area contributed by atoms with Gasteiger partial charge in [0.2, 0.25) is 0 Å². The number of nitrogens with zero attached hydrogens (tertiary/aromatic N) is 2. The molecule has 2 rings (SSSR count). The van der Waals surface area contributed by atoms with Crippen LogP contribution in [0.1, 0.15) is 23.0 Å². The molecular formula is C15H16ClN3O2. The second-order valence-corrected chi connectivity index (χ2v) is 4.75. The van der Waals surface area contributed by atoms with Gasteiger partial charge in [0.1, 0.15) is 5.82 Å². The lowest BCUT2D eigenvalue weighted by Crippen LogP contribution is -2.10. The molecule has 0 fully saturated rings. The first-order chi connectivity index (χ1) is 10.2. The number of anilines is 1. The molecular weight excluding hydrogens is 290 g/mol. The van der Waals surface area contributed by atoms with Gasteiger partial charge < -0.3 is 10.1 Å². The smallest absolute Gasteiger partial charge is 0.358 e. The molecule has 110 valence electrons. The van der Waals surface area contributed by atoms with Gasteiger partial charge in [-0.2, -0.15) is 0 Å². The molecule has 6 heteroatoms. The Morgan fingerprint density at radius 2 is 2.00 bits per heavy atom. The van der Waals surface area contributed by atoms with Crippen molar-refractivity contribution in [2.24, 2.45) is 0 Å². The normalized spacial score (nSPS) is 10.2. The molecule has 0 atom stereocenters. The molecule has 0 spiro atoms. The van der Waals surface area contributed by atoms with Gasteiger partial charge in [-0.1, -0.05) is 23.7 Å². The van der Waals surface area contributed by atoms with E-state index in [9.17, 15) is 4.79 Å². The van der Waals surface area contributed by atoms with Crippen molar-refractivity contribution >= 4 is 23.4 Å². The van der Waals surface area contributed by atoms with Gasteiger partial charge in [-0.25, -0.2) is 14.8 Å². The van der Waals surface area contributed by atoms with Gasteiger partial charge in [0.05, 0.1) is 19.0 Å². The lowest BCUT2D eigenvalue weighted by molar-refractivity contribution is 0.0519. The maximum Gasteiger partial charge on any atom is 0.358 e. The summed E-state index contributed by atoms with van der Waals surface area (Å²) in [6.45, 7) is 2.79. The fraction of sp³-hybridized carbons (Fsp3) is 0.267. The molecule has 5 nitrogen and oxygen atoms in total. The van der Waals surface area contributed by atoms with Crippen LogP contribution in [0.5, 0.6) is 0 Å². The summed E-state index contributed by atoms with van der Waals surface area (Å²) >= 11 is 5.83. The van der Waals surface area contributed by atoms with Gasteiger partial charge in [-0.3, -0.25) is 0 Å². The van der Waals surface area contributed by atoms with Crippen LogP contribution in [0.25, 0.3) is 0 Å². The molecule has 1 aromatic heterocycles. The molecule has 0 unspecified atom stereocenters. The van der Waals surface area contributed by atoms with Crippen LogP contribution in [-0.4, -0.2) is 29.1 Å². The highest BCUT2D eigenvalue weighted by Crippen LogP contribution is 2.10. The Morgan fingerprint density at radius 3 is 2.62 bits per heavy atom. The zero-order valence-electron chi connectivity index (χ0n) is 11.7. The van der Waals surface area contributed by atoms with E-state index in [1.165, 1.54) is 18.0 Å². The van der Waals surface area contributed by atoms with Crippen LogP contribution in [0.3, 0.4) is 0 Å². The molecule has 0 radical (unpaired) electrons. The van der Waals surface area contributed by atoms with Crippen molar-refractivity contribution in [1.29, 1.82) is 0 Å². The minimum absolute atomic E-state index is 0.208. The first kappa shape index (κ1) is 15.3. The molecule has 1 aromatic carbocycles. The second kappa shape index (κ2) is 7.59. The summed E-state index contributed by atoms with van der Waals surface area (Å²) in [4.78, 5) is 19.6. The summed E-state index contributed by atoms with van der Waals surface area (Å²) in [7, 11) is 0. The summed E-state index contributed by atoms with van der Waals surface area (Å²) in [6.07, 6.45) is 3.77. The first-order valence-electron chi connectivity index (χ1n) is 6.66. The van der Waals surface area contributed by atoms with E-state index in [4.69, 9.17) is 16.3 Å². The van der Waals surface area contributed by atoms with E-state index in [1.54, 1.807) is 6.92 Å². The van der Waals surface area contributed by atoms with Crippen molar-refractivity contribution < 1.29 is 9.53 Å². The predicted molar refractivity (Wildman–Crippen MR) is 81.6 cm³/mol. The van der Waals surface area contributed by atoms with E-state index < -0.39 is 5.97 Å². The minimum Gasteiger partial charge on any atom is -0.461 e. The summed E-state index contributed by atoms with van der Waals surface area (Å²) in [5.74, 6) is 0.162. The van der Waals surface area contributed by atoms with E-state index in [2.05, 4.69) is 15.3 Å². The van der Waals surface area contributed by atoms with Gasteiger partial charge in [-0.05, 0) is 31.0 Å². The lowest BCUT2D eigenvalue weighted by Gasteiger charge is -2.06. The third-order valence-electron chi connectivity index (χ3n) is 2.77. The van der Waals surface area contributed by atoms with Crippen molar-refractivity contribution in [3.63, 3.8) is 0 Å². The average Bonchev–Trinajstić information content (AvgIpc) is 2.50. The molecule has 0 amide bonds. The Bertz CT molecular complexity index is 585. The van der Waals surface area contributed by atoms with Crippen LogP contribution in [0.4, 0.5) is 5.82 Å². The number of hydrogen-bond donors (Lipinski definition) is 1. The van der Waals surface area contributed by atoms with E-state index in [0.717, 1.165) is 18.0 Å². The number of halogens is 1. The molecule has 0 saturated carbocycles. The summed E-state index contributed by atoms with van der Waals surface area (Å²) in [5, 5.41) is 3.88. The van der Waals surface area contributed by atoms with Crippen molar-refractivity contribution in [2.75, 3.05) is 18.5 Å². The summed E-state index contributed by atoms with van der Waals surface area (Å²) < 4.78 is 4.84. The van der Waals surface area contributed by atoms with Gasteiger partial charge in [0.25, 0.3) is 0 Å². The fourth-order valence-electron chi connectivity index (χ4n) is 1.72. The number of aromatic nitrogens is 2. The molecule has 1 heterocycles. The third-order valence-corrected chi connectivity index (χ3v) is 3.02. The van der Waals surface area contributed by atoms with E-state index in [-0.39, 0.29) is 5.69 Å². The van der Waals surface area contributed by atoms with E-state index in [1.807, 2.05) is 24.3 Å². The predicted octanol–water partition coefficient (Wildman–Crippen LogP) is 2.96. The number of rotatable bonds is 6. The van der Waals surface area contributed by atoms with E-state index in [0.29, 0.717) is 12.4 Å². The SMILES string of the molecule is CCOC(=O)c1cnc(NCCc2ccc(Cl)cc2)cn1. The largest absolute Gasteiger partial charge is 0.461 e. The topological polar surface area (TPSA) is 64.1 Å². The number of benzene rings is 1. The molecule has 0 aliphatic carbocycles. The highest BCUT2D eigenvalue weighted by atomic mass is 35.5. The number of nitrogens with one attached hydrogen (secondary N) is 1. The number of hydrogen-bond acceptors (Lipinski definition) is 5. The zero-order valence-corrected chi connectivity index (χ0v) is 12.4. The monoisotopic (exact) mass is 305 g/mol. The molecule has 0 saturated heterocycles. The number of ether oxygens (including phenoxy) is 1. The third kappa shape index (κ3) is 4.72. The standard InChI is InChI=1S/C15H16ClN3O2/c1-2-21-15(20)13-9-19-14(10-18-13)17-8-7-11-3-5-12(16)6-4-11/h3-6,9-10H,2,7-8H2,1H3,(H,17,19). The molecule has 0 aliphatic rings. The highest BCUT2D eigenvalue weighted by Gasteiger charge is 2.08. The van der Waals surface area contributed by atoms with Gasteiger partial charge in [0.15, 0.2) is 5.69 Å². The van der Waals surface area contributed by atoms with Crippen LogP contribution in [0, 0.1) is 0 Å². The number of carbonyl (C=O) groups excluding carboxylic acids is 1. The van der Waals surface area contributed by atoms with Gasteiger partial charge in [0, 0.05) is 11.6 Å². The summed E-state index contributed by atoms with van der Waals surface area (Å²) in [6, 6.07) is 7.70. The Labute approximate surface area is 128 Å². The Kier molecular flexibility index (Phi) is 5.51. The van der Waals surface area contributed by atoms with E-state index >= 15 is 0 Å². The van der Waals surface area contributed by atoms with Gasteiger partial charge >= 0.3 is 5.97 Å². The Balaban J connectivity index is 1.83.